The third-order valence-corrected chi connectivity index (χ3v) is 4.61. The van der Waals surface area contributed by atoms with E-state index >= 15 is 0 Å². The average Bonchev–Trinajstić information content (AvgIpc) is 2.39. The summed E-state index contributed by atoms with van der Waals surface area (Å²) >= 11 is 0. The highest BCUT2D eigenvalue weighted by atomic mass is 32.2. The maximum Gasteiger partial charge on any atom is 0.124 e. The van der Waals surface area contributed by atoms with Gasteiger partial charge in [0.05, 0.1) is 6.61 Å². The van der Waals surface area contributed by atoms with Gasteiger partial charge in [0.25, 0.3) is 0 Å². The Labute approximate surface area is 119 Å². The summed E-state index contributed by atoms with van der Waals surface area (Å²) in [5, 5.41) is 3.59. The summed E-state index contributed by atoms with van der Waals surface area (Å²) in [5.41, 5.74) is 1.10. The minimum Gasteiger partial charge on any atom is -0.494 e. The van der Waals surface area contributed by atoms with Crippen LogP contribution in [0, 0.1) is 0 Å². The van der Waals surface area contributed by atoms with Crippen molar-refractivity contribution < 1.29 is 8.95 Å². The second-order valence-electron chi connectivity index (χ2n) is 4.68. The highest BCUT2D eigenvalue weighted by Crippen LogP contribution is 2.26. The highest BCUT2D eigenvalue weighted by Gasteiger charge is 2.19. The molecule has 0 aromatic heterocycles. The number of hydrogen-bond donors (Lipinski definition) is 1. The number of para-hydroxylation sites is 1. The lowest BCUT2D eigenvalue weighted by atomic mass is 10.1. The fraction of sp³-hybridized carbons (Fsp3) is 0.600. The van der Waals surface area contributed by atoms with E-state index in [1.54, 1.807) is 0 Å². The van der Waals surface area contributed by atoms with Gasteiger partial charge in [0.1, 0.15) is 5.75 Å². The van der Waals surface area contributed by atoms with Gasteiger partial charge in [-0.2, -0.15) is 0 Å². The summed E-state index contributed by atoms with van der Waals surface area (Å²) in [6.45, 7) is 9.52. The monoisotopic (exact) mass is 283 g/mol. The van der Waals surface area contributed by atoms with E-state index in [-0.39, 0.29) is 11.3 Å². The molecule has 0 bridgehead atoms. The van der Waals surface area contributed by atoms with Crippen LogP contribution in [-0.4, -0.2) is 28.4 Å². The molecule has 0 radical (unpaired) electrons. The topological polar surface area (TPSA) is 38.3 Å². The Balaban J connectivity index is 2.94. The fourth-order valence-electron chi connectivity index (χ4n) is 1.92. The second-order valence-corrected chi connectivity index (χ2v) is 6.71. The van der Waals surface area contributed by atoms with Crippen molar-refractivity contribution in [3.05, 3.63) is 29.8 Å². The van der Waals surface area contributed by atoms with Gasteiger partial charge in [-0.15, -0.1) is 0 Å². The predicted octanol–water partition coefficient (Wildman–Crippen LogP) is 2.89. The first-order chi connectivity index (χ1) is 9.10. The highest BCUT2D eigenvalue weighted by molar-refractivity contribution is 7.85. The molecule has 108 valence electrons. The van der Waals surface area contributed by atoms with Gasteiger partial charge in [0, 0.05) is 33.4 Å². The number of benzene rings is 1. The minimum absolute atomic E-state index is 0.0796. The Morgan fingerprint density at radius 3 is 2.53 bits per heavy atom. The fourth-order valence-corrected chi connectivity index (χ4v) is 2.93. The summed E-state index contributed by atoms with van der Waals surface area (Å²) in [6, 6.07) is 8.07. The molecular weight excluding hydrogens is 258 g/mol. The molecule has 3 nitrogen and oxygen atoms in total. The van der Waals surface area contributed by atoms with Crippen LogP contribution in [0.4, 0.5) is 0 Å². The Bertz CT molecular complexity index is 407. The first kappa shape index (κ1) is 16.2. The molecule has 0 saturated heterocycles. The predicted molar refractivity (Wildman–Crippen MR) is 82.2 cm³/mol. The molecule has 0 fully saturated rings. The van der Waals surface area contributed by atoms with Gasteiger partial charge >= 0.3 is 0 Å². The van der Waals surface area contributed by atoms with Crippen LogP contribution in [0.15, 0.2) is 24.3 Å². The van der Waals surface area contributed by atoms with Crippen LogP contribution in [0.1, 0.15) is 39.3 Å². The molecule has 2 atom stereocenters. The lowest BCUT2D eigenvalue weighted by Gasteiger charge is -2.21. The number of ether oxygens (including phenoxy) is 1. The molecule has 0 aliphatic heterocycles. The molecule has 4 heteroatoms. The lowest BCUT2D eigenvalue weighted by molar-refractivity contribution is 0.333. The maximum atomic E-state index is 12.1. The minimum atomic E-state index is -0.834. The summed E-state index contributed by atoms with van der Waals surface area (Å²) < 4.78 is 17.8. The zero-order valence-electron chi connectivity index (χ0n) is 12.3. The van der Waals surface area contributed by atoms with Crippen molar-refractivity contribution in [2.75, 3.05) is 18.9 Å². The molecule has 0 heterocycles. The smallest absolute Gasteiger partial charge is 0.124 e. The molecule has 1 aromatic carbocycles. The first-order valence-corrected chi connectivity index (χ1v) is 8.30. The molecule has 0 aliphatic carbocycles. The van der Waals surface area contributed by atoms with Gasteiger partial charge in [-0.05, 0) is 19.5 Å². The first-order valence-electron chi connectivity index (χ1n) is 6.92. The molecule has 1 rings (SSSR count). The van der Waals surface area contributed by atoms with E-state index in [0.29, 0.717) is 12.4 Å². The zero-order valence-corrected chi connectivity index (χ0v) is 13.1. The third-order valence-electron chi connectivity index (χ3n) is 2.90. The second kappa shape index (κ2) is 8.33. The van der Waals surface area contributed by atoms with Crippen LogP contribution in [0.25, 0.3) is 0 Å². The molecule has 19 heavy (non-hydrogen) atoms. The maximum absolute atomic E-state index is 12.1. The van der Waals surface area contributed by atoms with E-state index in [1.807, 2.05) is 39.0 Å². The van der Waals surface area contributed by atoms with Crippen LogP contribution >= 0.6 is 0 Å². The Kier molecular flexibility index (Phi) is 7.10. The average molecular weight is 283 g/mol. The van der Waals surface area contributed by atoms with E-state index in [1.165, 1.54) is 0 Å². The normalized spacial score (nSPS) is 14.4. The zero-order chi connectivity index (χ0) is 14.3. The third kappa shape index (κ3) is 4.96. The summed E-state index contributed by atoms with van der Waals surface area (Å²) in [4.78, 5) is 0. The standard InChI is InChI=1S/C15H25NO2S/c1-5-16-14(11-19(17)12(3)4)13-9-7-8-10-15(13)18-6-2/h7-10,12,14,16H,5-6,11H2,1-4H3. The van der Waals surface area contributed by atoms with Gasteiger partial charge in [0.2, 0.25) is 0 Å². The van der Waals surface area contributed by atoms with E-state index in [0.717, 1.165) is 17.9 Å². The van der Waals surface area contributed by atoms with Crippen molar-refractivity contribution in [3.8, 4) is 5.75 Å². The molecule has 2 unspecified atom stereocenters. The van der Waals surface area contributed by atoms with Gasteiger partial charge in [-0.1, -0.05) is 39.0 Å². The Hall–Kier alpha value is -0.870. The van der Waals surface area contributed by atoms with Crippen molar-refractivity contribution in [1.29, 1.82) is 0 Å². The molecular formula is C15H25NO2S. The van der Waals surface area contributed by atoms with Crippen LogP contribution in [0.5, 0.6) is 5.75 Å². The largest absolute Gasteiger partial charge is 0.494 e. The molecule has 0 spiro atoms. The van der Waals surface area contributed by atoms with Gasteiger partial charge in [-0.25, -0.2) is 0 Å². The van der Waals surface area contributed by atoms with E-state index in [2.05, 4.69) is 18.3 Å². The van der Waals surface area contributed by atoms with Crippen LogP contribution in [-0.2, 0) is 10.8 Å². The molecule has 1 aromatic rings. The number of rotatable bonds is 8. The summed E-state index contributed by atoms with van der Waals surface area (Å²) in [6.07, 6.45) is 0. The molecule has 0 amide bonds. The van der Waals surface area contributed by atoms with Crippen LogP contribution < -0.4 is 10.1 Å². The van der Waals surface area contributed by atoms with E-state index in [4.69, 9.17) is 4.74 Å². The van der Waals surface area contributed by atoms with Crippen LogP contribution in [0.2, 0.25) is 0 Å². The van der Waals surface area contributed by atoms with Gasteiger partial charge in [0.15, 0.2) is 0 Å². The summed E-state index contributed by atoms with van der Waals surface area (Å²) in [7, 11) is -0.834. The SMILES string of the molecule is CCNC(CS(=O)C(C)C)c1ccccc1OCC. The van der Waals surface area contributed by atoms with E-state index < -0.39 is 10.8 Å². The quantitative estimate of drug-likeness (QED) is 0.797. The lowest BCUT2D eigenvalue weighted by Crippen LogP contribution is -2.28. The number of hydrogen-bond acceptors (Lipinski definition) is 3. The van der Waals surface area contributed by atoms with Crippen LogP contribution in [0.3, 0.4) is 0 Å². The van der Waals surface area contributed by atoms with Gasteiger partial charge in [-0.3, -0.25) is 4.21 Å². The Morgan fingerprint density at radius 1 is 1.26 bits per heavy atom. The van der Waals surface area contributed by atoms with Crippen molar-refractivity contribution in [2.24, 2.45) is 0 Å². The van der Waals surface area contributed by atoms with E-state index in [9.17, 15) is 4.21 Å². The number of nitrogens with one attached hydrogen (secondary N) is 1. The summed E-state index contributed by atoms with van der Waals surface area (Å²) in [5.74, 6) is 1.51. The van der Waals surface area contributed by atoms with Gasteiger partial charge < -0.3 is 10.1 Å². The Morgan fingerprint density at radius 2 is 1.95 bits per heavy atom. The molecule has 0 saturated carbocycles. The molecule has 0 aliphatic rings. The molecule has 1 N–H and O–H groups in total. The van der Waals surface area contributed by atoms with Crippen molar-refractivity contribution in [3.63, 3.8) is 0 Å². The van der Waals surface area contributed by atoms with Crippen molar-refractivity contribution >= 4 is 10.8 Å². The van der Waals surface area contributed by atoms with Crippen molar-refractivity contribution in [1.82, 2.24) is 5.32 Å². The van der Waals surface area contributed by atoms with Crippen molar-refractivity contribution in [2.45, 2.75) is 39.0 Å².